The van der Waals surface area contributed by atoms with Crippen molar-refractivity contribution in [3.8, 4) is 0 Å². The first kappa shape index (κ1) is 13.3. The maximum atomic E-state index is 11.6. The van der Waals surface area contributed by atoms with E-state index < -0.39 is 11.7 Å². The quantitative estimate of drug-likeness (QED) is 0.839. The highest BCUT2D eigenvalue weighted by Crippen LogP contribution is 2.43. The Bertz CT molecular complexity index is 472. The first-order valence-corrected chi connectivity index (χ1v) is 6.63. The maximum Gasteiger partial charge on any atom is 0.413 e. The molecule has 0 radical (unpaired) electrons. The Morgan fingerprint density at radius 3 is 2.67 bits per heavy atom. The van der Waals surface area contributed by atoms with Crippen LogP contribution in [0.3, 0.4) is 0 Å². The van der Waals surface area contributed by atoms with Crippen LogP contribution in [0.1, 0.15) is 38.3 Å². The molecule has 1 aromatic heterocycles. The number of hydrogen-bond acceptors (Lipinski definition) is 5. The molecule has 1 amide bonds. The van der Waals surface area contributed by atoms with Gasteiger partial charge in [-0.05, 0) is 34.6 Å². The SMILES string of the molecule is Cc1nc(NC(=O)OC(C)(C)C)sc1C1(C)CO1. The molecule has 0 aliphatic carbocycles. The summed E-state index contributed by atoms with van der Waals surface area (Å²) >= 11 is 1.44. The van der Waals surface area contributed by atoms with Gasteiger partial charge in [-0.25, -0.2) is 9.78 Å². The number of thiazole rings is 1. The fourth-order valence-electron chi connectivity index (χ4n) is 1.57. The van der Waals surface area contributed by atoms with Crippen molar-refractivity contribution in [1.82, 2.24) is 4.98 Å². The number of aryl methyl sites for hydroxylation is 1. The minimum absolute atomic E-state index is 0.213. The molecule has 0 saturated carbocycles. The molecular formula is C12H18N2O3S. The molecular weight excluding hydrogens is 252 g/mol. The van der Waals surface area contributed by atoms with Gasteiger partial charge in [-0.3, -0.25) is 5.32 Å². The maximum absolute atomic E-state index is 11.6. The number of anilines is 1. The lowest BCUT2D eigenvalue weighted by Gasteiger charge is -2.18. The molecule has 2 rings (SSSR count). The van der Waals surface area contributed by atoms with Crippen LogP contribution in [-0.4, -0.2) is 23.3 Å². The van der Waals surface area contributed by atoms with E-state index in [-0.39, 0.29) is 5.60 Å². The number of carbonyl (C=O) groups is 1. The van der Waals surface area contributed by atoms with E-state index >= 15 is 0 Å². The smallest absolute Gasteiger partial charge is 0.413 e. The largest absolute Gasteiger partial charge is 0.444 e. The summed E-state index contributed by atoms with van der Waals surface area (Å²) in [6.07, 6.45) is -0.482. The van der Waals surface area contributed by atoms with Crippen LogP contribution in [0.15, 0.2) is 0 Å². The van der Waals surface area contributed by atoms with E-state index in [1.54, 1.807) is 0 Å². The van der Waals surface area contributed by atoms with Crippen molar-refractivity contribution in [1.29, 1.82) is 0 Å². The lowest BCUT2D eigenvalue weighted by molar-refractivity contribution is 0.0636. The number of nitrogens with one attached hydrogen (secondary N) is 1. The third-order valence-electron chi connectivity index (χ3n) is 2.46. The monoisotopic (exact) mass is 270 g/mol. The Kier molecular flexibility index (Phi) is 3.11. The Morgan fingerprint density at radius 1 is 1.56 bits per heavy atom. The first-order valence-electron chi connectivity index (χ1n) is 5.81. The molecule has 1 aliphatic heterocycles. The van der Waals surface area contributed by atoms with Crippen molar-refractivity contribution in [3.63, 3.8) is 0 Å². The standard InChI is InChI=1S/C12H18N2O3S/c1-7-8(12(5)6-16-12)18-9(13-7)14-10(15)17-11(2,3)4/h6H2,1-5H3,(H,13,14,15). The highest BCUT2D eigenvalue weighted by Gasteiger charge is 2.44. The molecule has 1 aliphatic rings. The number of aromatic nitrogens is 1. The zero-order valence-electron chi connectivity index (χ0n) is 11.3. The van der Waals surface area contributed by atoms with Crippen LogP contribution in [0, 0.1) is 6.92 Å². The van der Waals surface area contributed by atoms with E-state index in [1.165, 1.54) is 11.3 Å². The van der Waals surface area contributed by atoms with Crippen LogP contribution in [0.25, 0.3) is 0 Å². The van der Waals surface area contributed by atoms with Gasteiger partial charge in [-0.2, -0.15) is 0 Å². The summed E-state index contributed by atoms with van der Waals surface area (Å²) in [5.74, 6) is 0. The van der Waals surface area contributed by atoms with Crippen molar-refractivity contribution in [2.75, 3.05) is 11.9 Å². The van der Waals surface area contributed by atoms with E-state index in [4.69, 9.17) is 9.47 Å². The van der Waals surface area contributed by atoms with E-state index in [9.17, 15) is 4.79 Å². The highest BCUT2D eigenvalue weighted by atomic mass is 32.1. The van der Waals surface area contributed by atoms with Crippen LogP contribution >= 0.6 is 11.3 Å². The third kappa shape index (κ3) is 3.00. The first-order chi connectivity index (χ1) is 8.20. The van der Waals surface area contributed by atoms with Gasteiger partial charge in [0.25, 0.3) is 0 Å². The van der Waals surface area contributed by atoms with Gasteiger partial charge in [-0.1, -0.05) is 11.3 Å². The molecule has 18 heavy (non-hydrogen) atoms. The normalized spacial score (nSPS) is 22.7. The topological polar surface area (TPSA) is 63.8 Å². The van der Waals surface area contributed by atoms with E-state index in [2.05, 4.69) is 10.3 Å². The molecule has 1 saturated heterocycles. The minimum Gasteiger partial charge on any atom is -0.444 e. The molecule has 1 fully saturated rings. The van der Waals surface area contributed by atoms with Crippen molar-refractivity contribution in [2.24, 2.45) is 0 Å². The van der Waals surface area contributed by atoms with E-state index in [0.717, 1.165) is 10.6 Å². The highest BCUT2D eigenvalue weighted by molar-refractivity contribution is 7.16. The molecule has 1 atom stereocenters. The molecule has 100 valence electrons. The number of hydrogen-bond donors (Lipinski definition) is 1. The average Bonchev–Trinajstić information content (AvgIpc) is 2.79. The number of carbonyl (C=O) groups excluding carboxylic acids is 1. The van der Waals surface area contributed by atoms with E-state index in [0.29, 0.717) is 11.7 Å². The lowest BCUT2D eigenvalue weighted by Crippen LogP contribution is -2.27. The molecule has 1 N–H and O–H groups in total. The van der Waals surface area contributed by atoms with Crippen LogP contribution in [0.5, 0.6) is 0 Å². The third-order valence-corrected chi connectivity index (χ3v) is 3.78. The molecule has 0 aromatic carbocycles. The van der Waals surface area contributed by atoms with Crippen LogP contribution in [-0.2, 0) is 15.1 Å². The molecule has 0 bridgehead atoms. The molecule has 1 aromatic rings. The number of rotatable bonds is 2. The predicted octanol–water partition coefficient (Wildman–Crippen LogP) is 3.04. The average molecular weight is 270 g/mol. The second-order valence-electron chi connectivity index (χ2n) is 5.58. The number of epoxide rings is 1. The van der Waals surface area contributed by atoms with Gasteiger partial charge < -0.3 is 9.47 Å². The van der Waals surface area contributed by atoms with Gasteiger partial charge in [0.1, 0.15) is 11.2 Å². The van der Waals surface area contributed by atoms with Gasteiger partial charge in [0.2, 0.25) is 0 Å². The second-order valence-corrected chi connectivity index (χ2v) is 6.58. The Labute approximate surface area is 111 Å². The zero-order chi connectivity index (χ0) is 13.6. The summed E-state index contributed by atoms with van der Waals surface area (Å²) in [4.78, 5) is 17.0. The van der Waals surface area contributed by atoms with Crippen molar-refractivity contribution in [3.05, 3.63) is 10.6 Å². The fourth-order valence-corrected chi connectivity index (χ4v) is 2.61. The number of amides is 1. The Hall–Kier alpha value is -1.14. The van der Waals surface area contributed by atoms with Gasteiger partial charge in [0, 0.05) is 0 Å². The fraction of sp³-hybridized carbons (Fsp3) is 0.667. The second kappa shape index (κ2) is 4.20. The summed E-state index contributed by atoms with van der Waals surface area (Å²) in [6, 6.07) is 0. The van der Waals surface area contributed by atoms with Crippen LogP contribution < -0.4 is 5.32 Å². The number of ether oxygens (including phenoxy) is 2. The molecule has 6 heteroatoms. The Balaban J connectivity index is 2.05. The summed E-state index contributed by atoms with van der Waals surface area (Å²) in [6.45, 7) is 10.1. The minimum atomic E-state index is -0.509. The van der Waals surface area contributed by atoms with Crippen LogP contribution in [0.4, 0.5) is 9.93 Å². The number of nitrogens with zero attached hydrogens (tertiary/aromatic N) is 1. The van der Waals surface area contributed by atoms with Crippen molar-refractivity contribution >= 4 is 22.6 Å². The van der Waals surface area contributed by atoms with Crippen LogP contribution in [0.2, 0.25) is 0 Å². The molecule has 2 heterocycles. The Morgan fingerprint density at radius 2 is 2.17 bits per heavy atom. The van der Waals surface area contributed by atoms with Crippen molar-refractivity contribution < 1.29 is 14.3 Å². The van der Waals surface area contributed by atoms with Gasteiger partial charge in [-0.15, -0.1) is 0 Å². The zero-order valence-corrected chi connectivity index (χ0v) is 12.1. The molecule has 5 nitrogen and oxygen atoms in total. The van der Waals surface area contributed by atoms with Crippen molar-refractivity contribution in [2.45, 2.75) is 45.8 Å². The predicted molar refractivity (Wildman–Crippen MR) is 70.0 cm³/mol. The lowest BCUT2D eigenvalue weighted by atomic mass is 10.1. The van der Waals surface area contributed by atoms with E-state index in [1.807, 2.05) is 34.6 Å². The van der Waals surface area contributed by atoms with Gasteiger partial charge >= 0.3 is 6.09 Å². The summed E-state index contributed by atoms with van der Waals surface area (Å²) < 4.78 is 10.6. The summed E-state index contributed by atoms with van der Waals surface area (Å²) in [5.41, 5.74) is 0.173. The molecule has 0 spiro atoms. The summed E-state index contributed by atoms with van der Waals surface area (Å²) in [5, 5.41) is 3.20. The molecule has 1 unspecified atom stereocenters. The van der Waals surface area contributed by atoms with Gasteiger partial charge in [0.15, 0.2) is 5.13 Å². The van der Waals surface area contributed by atoms with Gasteiger partial charge in [0.05, 0.1) is 17.2 Å². The summed E-state index contributed by atoms with van der Waals surface area (Å²) in [7, 11) is 0.